The van der Waals surface area contributed by atoms with Crippen LogP contribution < -0.4 is 5.73 Å². The molecule has 1 rings (SSSR count). The summed E-state index contributed by atoms with van der Waals surface area (Å²) < 4.78 is 5.16. The molecule has 0 amide bonds. The van der Waals surface area contributed by atoms with Crippen LogP contribution in [0.15, 0.2) is 11.8 Å². The molecule has 1 heterocycles. The van der Waals surface area contributed by atoms with E-state index in [9.17, 15) is 4.79 Å². The first kappa shape index (κ1) is 12.0. The monoisotopic (exact) mass is 217 g/mol. The molecule has 0 aliphatic carbocycles. The van der Waals surface area contributed by atoms with Crippen LogP contribution in [0, 0.1) is 0 Å². The van der Waals surface area contributed by atoms with Crippen LogP contribution in [-0.2, 0) is 9.53 Å². The van der Waals surface area contributed by atoms with Gasteiger partial charge in [0.1, 0.15) is 12.6 Å². The molecule has 0 aromatic carbocycles. The van der Waals surface area contributed by atoms with E-state index in [1.807, 2.05) is 4.90 Å². The summed E-state index contributed by atoms with van der Waals surface area (Å²) in [7, 11) is 0. The van der Waals surface area contributed by atoms with Crippen LogP contribution in [0.5, 0.6) is 0 Å². The third kappa shape index (κ3) is 4.28. The molecular weight excluding hydrogens is 200 g/mol. The quantitative estimate of drug-likeness (QED) is 0.434. The summed E-state index contributed by atoms with van der Waals surface area (Å²) in [6.07, 6.45) is 1.26. The topological polar surface area (TPSA) is 98.7 Å². The Morgan fingerprint density at radius 1 is 1.60 bits per heavy atom. The number of carboxylic acids is 1. The molecule has 0 saturated carbocycles. The fraction of sp³-hybridized carbons (Fsp3) is 0.667. The van der Waals surface area contributed by atoms with Crippen LogP contribution in [0.3, 0.4) is 0 Å². The number of hydrogen-bond donors (Lipinski definition) is 2. The lowest BCUT2D eigenvalue weighted by atomic mass is 10.2. The Morgan fingerprint density at radius 3 is 2.73 bits per heavy atom. The lowest BCUT2D eigenvalue weighted by Crippen LogP contribution is -2.38. The van der Waals surface area contributed by atoms with Crippen molar-refractivity contribution in [3.63, 3.8) is 0 Å². The highest BCUT2D eigenvalue weighted by Gasteiger charge is 2.16. The highest BCUT2D eigenvalue weighted by Crippen LogP contribution is 2.01. The SMILES string of the molecule is NC(/C=C(\[OH2+])CN1CCOCC1)C(=O)O. The standard InChI is InChI=1S/C9H16N2O4/c10-8(9(13)14)5-7(12)6-11-1-3-15-4-2-11/h5,8,12H,1-4,6,10H2,(H,13,14)/p+1/b7-5-. The van der Waals surface area contributed by atoms with E-state index in [0.29, 0.717) is 19.8 Å². The summed E-state index contributed by atoms with van der Waals surface area (Å²) in [5, 5.41) is 16.1. The summed E-state index contributed by atoms with van der Waals surface area (Å²) in [5.41, 5.74) is 5.28. The first-order chi connectivity index (χ1) is 7.09. The molecule has 15 heavy (non-hydrogen) atoms. The molecule has 6 heteroatoms. The second-order valence-electron chi connectivity index (χ2n) is 3.44. The van der Waals surface area contributed by atoms with Crippen molar-refractivity contribution in [2.75, 3.05) is 32.8 Å². The molecular formula is C9H17N2O4+. The van der Waals surface area contributed by atoms with Gasteiger partial charge in [-0.05, 0) is 0 Å². The van der Waals surface area contributed by atoms with Crippen LogP contribution >= 0.6 is 0 Å². The smallest absolute Gasteiger partial charge is 0.324 e. The summed E-state index contributed by atoms with van der Waals surface area (Å²) in [6, 6.07) is -1.08. The lowest BCUT2D eigenvalue weighted by Gasteiger charge is -2.24. The van der Waals surface area contributed by atoms with E-state index in [4.69, 9.17) is 20.7 Å². The number of carboxylic acid groups (broad SMARTS) is 1. The molecule has 1 aliphatic heterocycles. The molecule has 1 aliphatic rings. The van der Waals surface area contributed by atoms with E-state index in [0.717, 1.165) is 13.1 Å². The number of nitrogens with zero attached hydrogens (tertiary/aromatic N) is 1. The largest absolute Gasteiger partial charge is 0.596 e. The summed E-state index contributed by atoms with van der Waals surface area (Å²) >= 11 is 0. The number of ether oxygens (including phenoxy) is 1. The normalized spacial score (nSPS) is 21.3. The Balaban J connectivity index is 2.39. The third-order valence-electron chi connectivity index (χ3n) is 2.16. The van der Waals surface area contributed by atoms with E-state index in [2.05, 4.69) is 0 Å². The van der Waals surface area contributed by atoms with Gasteiger partial charge >= 0.3 is 5.97 Å². The minimum atomic E-state index is -1.11. The highest BCUT2D eigenvalue weighted by atomic mass is 16.5. The molecule has 6 nitrogen and oxygen atoms in total. The number of hydrogen-bond acceptors (Lipinski definition) is 4. The number of nitrogens with two attached hydrogens (primary N) is 1. The van der Waals surface area contributed by atoms with Crippen LogP contribution in [-0.4, -0.2) is 60.0 Å². The Labute approximate surface area is 87.9 Å². The average Bonchev–Trinajstić information content (AvgIpc) is 2.18. The van der Waals surface area contributed by atoms with Crippen molar-refractivity contribution in [3.05, 3.63) is 11.8 Å². The van der Waals surface area contributed by atoms with E-state index in [1.54, 1.807) is 0 Å². The van der Waals surface area contributed by atoms with Crippen LogP contribution in [0.4, 0.5) is 0 Å². The molecule has 1 fully saturated rings. The van der Waals surface area contributed by atoms with E-state index in [1.165, 1.54) is 6.08 Å². The van der Waals surface area contributed by atoms with Crippen molar-refractivity contribution in [2.24, 2.45) is 5.73 Å². The van der Waals surface area contributed by atoms with Crippen molar-refractivity contribution >= 4 is 5.97 Å². The predicted molar refractivity (Wildman–Crippen MR) is 54.6 cm³/mol. The van der Waals surface area contributed by atoms with Crippen molar-refractivity contribution in [2.45, 2.75) is 6.04 Å². The molecule has 1 saturated heterocycles. The molecule has 0 aromatic rings. The molecule has 86 valence electrons. The van der Waals surface area contributed by atoms with Gasteiger partial charge in [0.05, 0.1) is 13.2 Å². The average molecular weight is 217 g/mol. The molecule has 1 atom stereocenters. The maximum atomic E-state index is 10.4. The minimum absolute atomic E-state index is 0.242. The number of morpholine rings is 1. The highest BCUT2D eigenvalue weighted by molar-refractivity contribution is 5.75. The Morgan fingerprint density at radius 2 is 2.20 bits per heavy atom. The van der Waals surface area contributed by atoms with Crippen molar-refractivity contribution in [1.29, 1.82) is 0 Å². The van der Waals surface area contributed by atoms with Crippen LogP contribution in [0.2, 0.25) is 0 Å². The summed E-state index contributed by atoms with van der Waals surface area (Å²) in [6.45, 7) is 3.32. The number of aliphatic carboxylic acids is 1. The first-order valence-electron chi connectivity index (χ1n) is 4.80. The zero-order valence-electron chi connectivity index (χ0n) is 8.48. The van der Waals surface area contributed by atoms with Gasteiger partial charge in [-0.2, -0.15) is 0 Å². The van der Waals surface area contributed by atoms with Gasteiger partial charge < -0.3 is 20.7 Å². The van der Waals surface area contributed by atoms with E-state index in [-0.39, 0.29) is 5.76 Å². The predicted octanol–water partition coefficient (Wildman–Crippen LogP) is -1.66. The van der Waals surface area contributed by atoms with Crippen LogP contribution in [0.25, 0.3) is 0 Å². The van der Waals surface area contributed by atoms with Gasteiger partial charge in [0.2, 0.25) is 5.76 Å². The zero-order chi connectivity index (χ0) is 11.3. The number of carbonyl (C=O) groups is 1. The summed E-state index contributed by atoms with van der Waals surface area (Å²) in [4.78, 5) is 12.5. The van der Waals surface area contributed by atoms with Gasteiger partial charge in [-0.3, -0.25) is 9.69 Å². The molecule has 0 bridgehead atoms. The zero-order valence-corrected chi connectivity index (χ0v) is 8.48. The Bertz CT molecular complexity index is 248. The molecule has 5 N–H and O–H groups in total. The van der Waals surface area contributed by atoms with Crippen molar-refractivity contribution in [3.8, 4) is 0 Å². The Kier molecular flexibility index (Phi) is 4.54. The Hall–Kier alpha value is -1.11. The second kappa shape index (κ2) is 5.69. The summed E-state index contributed by atoms with van der Waals surface area (Å²) in [5.74, 6) is -0.867. The molecule has 0 aromatic heterocycles. The lowest BCUT2D eigenvalue weighted by molar-refractivity contribution is -0.137. The molecule has 0 radical (unpaired) electrons. The van der Waals surface area contributed by atoms with Crippen LogP contribution in [0.1, 0.15) is 0 Å². The van der Waals surface area contributed by atoms with E-state index >= 15 is 0 Å². The minimum Gasteiger partial charge on any atom is -0.596 e. The van der Waals surface area contributed by atoms with Gasteiger partial charge in [-0.25, -0.2) is 0 Å². The van der Waals surface area contributed by atoms with Gasteiger partial charge in [0.25, 0.3) is 0 Å². The first-order valence-corrected chi connectivity index (χ1v) is 4.80. The van der Waals surface area contributed by atoms with E-state index < -0.39 is 12.0 Å². The maximum absolute atomic E-state index is 10.4. The van der Waals surface area contributed by atoms with Gasteiger partial charge in [-0.15, -0.1) is 0 Å². The van der Waals surface area contributed by atoms with Gasteiger partial charge in [0.15, 0.2) is 0 Å². The fourth-order valence-electron chi connectivity index (χ4n) is 1.34. The maximum Gasteiger partial charge on any atom is 0.324 e. The van der Waals surface area contributed by atoms with Crippen molar-refractivity contribution < 1.29 is 19.7 Å². The fourth-order valence-corrected chi connectivity index (χ4v) is 1.34. The third-order valence-corrected chi connectivity index (χ3v) is 2.16. The van der Waals surface area contributed by atoms with Crippen molar-refractivity contribution in [1.82, 2.24) is 4.90 Å². The second-order valence-corrected chi connectivity index (χ2v) is 3.44. The van der Waals surface area contributed by atoms with Gasteiger partial charge in [-0.1, -0.05) is 0 Å². The van der Waals surface area contributed by atoms with Gasteiger partial charge in [0, 0.05) is 19.2 Å². The molecule has 0 spiro atoms. The number of rotatable bonds is 4. The molecule has 1 unspecified atom stereocenters.